The third-order valence-corrected chi connectivity index (χ3v) is 3.34. The van der Waals surface area contributed by atoms with Gasteiger partial charge >= 0.3 is 5.97 Å². The molecule has 0 saturated heterocycles. The van der Waals surface area contributed by atoms with Crippen molar-refractivity contribution in [2.45, 2.75) is 19.4 Å². The second kappa shape index (κ2) is 4.80. The summed E-state index contributed by atoms with van der Waals surface area (Å²) in [5.74, 6) is -0.550. The molecule has 4 nitrogen and oxygen atoms in total. The molecule has 1 aliphatic carbocycles. The fourth-order valence-corrected chi connectivity index (χ4v) is 2.12. The van der Waals surface area contributed by atoms with Crippen LogP contribution in [0, 0.1) is 5.41 Å². The smallest absolute Gasteiger partial charge is 0.321 e. The van der Waals surface area contributed by atoms with E-state index in [9.17, 15) is 9.59 Å². The summed E-state index contributed by atoms with van der Waals surface area (Å²) in [6.07, 6.45) is 1.19. The molecule has 2 rings (SSSR count). The van der Waals surface area contributed by atoms with Crippen LogP contribution in [-0.2, 0) is 20.9 Å². The largest absolute Gasteiger partial charge is 0.468 e. The Morgan fingerprint density at radius 1 is 1.28 bits per heavy atom. The maximum atomic E-state index is 12.3. The molecular weight excluding hydrogens is 230 g/mol. The number of benzene rings is 1. The Morgan fingerprint density at radius 3 is 2.39 bits per heavy atom. The van der Waals surface area contributed by atoms with E-state index < -0.39 is 11.4 Å². The van der Waals surface area contributed by atoms with Crippen LogP contribution >= 0.6 is 0 Å². The molecule has 1 aromatic rings. The van der Waals surface area contributed by atoms with E-state index in [1.54, 1.807) is 11.9 Å². The molecule has 0 radical (unpaired) electrons. The lowest BCUT2D eigenvalue weighted by molar-refractivity contribution is -0.155. The number of nitrogens with zero attached hydrogens (tertiary/aromatic N) is 1. The van der Waals surface area contributed by atoms with Gasteiger partial charge in [0.25, 0.3) is 0 Å². The van der Waals surface area contributed by atoms with Crippen LogP contribution in [0.15, 0.2) is 30.3 Å². The third-order valence-electron chi connectivity index (χ3n) is 3.34. The lowest BCUT2D eigenvalue weighted by Gasteiger charge is -2.22. The van der Waals surface area contributed by atoms with Gasteiger partial charge < -0.3 is 9.64 Å². The molecule has 0 bridgehead atoms. The highest BCUT2D eigenvalue weighted by Crippen LogP contribution is 2.48. The maximum absolute atomic E-state index is 12.3. The number of methoxy groups -OCH3 is 1. The van der Waals surface area contributed by atoms with Crippen molar-refractivity contribution < 1.29 is 14.3 Å². The Balaban J connectivity index is 2.04. The van der Waals surface area contributed by atoms with E-state index in [2.05, 4.69) is 0 Å². The minimum absolute atomic E-state index is 0.141. The predicted molar refractivity (Wildman–Crippen MR) is 66.6 cm³/mol. The van der Waals surface area contributed by atoms with Crippen molar-refractivity contribution in [3.05, 3.63) is 35.9 Å². The van der Waals surface area contributed by atoms with Gasteiger partial charge in [0.2, 0.25) is 5.91 Å². The highest BCUT2D eigenvalue weighted by Gasteiger charge is 2.58. The molecule has 96 valence electrons. The van der Waals surface area contributed by atoms with Crippen LogP contribution < -0.4 is 0 Å². The van der Waals surface area contributed by atoms with Gasteiger partial charge in [-0.3, -0.25) is 9.59 Å². The lowest BCUT2D eigenvalue weighted by atomic mass is 10.1. The molecule has 0 N–H and O–H groups in total. The molecule has 0 aromatic heterocycles. The highest BCUT2D eigenvalue weighted by atomic mass is 16.5. The van der Waals surface area contributed by atoms with E-state index in [1.807, 2.05) is 30.3 Å². The predicted octanol–water partition coefficient (Wildman–Crippen LogP) is 1.60. The monoisotopic (exact) mass is 247 g/mol. The number of ether oxygens (including phenoxy) is 1. The molecular formula is C14H17NO3. The van der Waals surface area contributed by atoms with Gasteiger partial charge in [0.05, 0.1) is 7.11 Å². The van der Waals surface area contributed by atoms with Crippen LogP contribution in [0.1, 0.15) is 18.4 Å². The number of hydrogen-bond donors (Lipinski definition) is 0. The molecule has 1 aliphatic rings. The van der Waals surface area contributed by atoms with Crippen LogP contribution in [0.5, 0.6) is 0 Å². The summed E-state index contributed by atoms with van der Waals surface area (Å²) >= 11 is 0. The van der Waals surface area contributed by atoms with Crippen molar-refractivity contribution in [1.29, 1.82) is 0 Å². The minimum Gasteiger partial charge on any atom is -0.468 e. The number of amides is 1. The van der Waals surface area contributed by atoms with Crippen LogP contribution in [0.4, 0.5) is 0 Å². The zero-order valence-electron chi connectivity index (χ0n) is 10.7. The van der Waals surface area contributed by atoms with E-state index in [0.29, 0.717) is 19.4 Å². The van der Waals surface area contributed by atoms with Crippen LogP contribution in [0.3, 0.4) is 0 Å². The van der Waals surface area contributed by atoms with E-state index in [1.165, 1.54) is 7.11 Å². The number of hydrogen-bond acceptors (Lipinski definition) is 3. The van der Waals surface area contributed by atoms with Gasteiger partial charge in [-0.25, -0.2) is 0 Å². The Morgan fingerprint density at radius 2 is 1.89 bits per heavy atom. The van der Waals surface area contributed by atoms with Crippen molar-refractivity contribution in [1.82, 2.24) is 4.90 Å². The van der Waals surface area contributed by atoms with Gasteiger partial charge in [-0.1, -0.05) is 30.3 Å². The average Bonchev–Trinajstić information content (AvgIpc) is 3.19. The lowest BCUT2D eigenvalue weighted by Crippen LogP contribution is -2.38. The van der Waals surface area contributed by atoms with Gasteiger partial charge in [-0.05, 0) is 18.4 Å². The minimum atomic E-state index is -0.904. The molecule has 1 fully saturated rings. The molecule has 18 heavy (non-hydrogen) atoms. The van der Waals surface area contributed by atoms with Crippen LogP contribution in [0.25, 0.3) is 0 Å². The van der Waals surface area contributed by atoms with Gasteiger partial charge in [-0.15, -0.1) is 0 Å². The zero-order chi connectivity index (χ0) is 13.2. The molecule has 0 atom stereocenters. The number of carbonyl (C=O) groups is 2. The molecule has 0 aliphatic heterocycles. The summed E-state index contributed by atoms with van der Waals surface area (Å²) in [5.41, 5.74) is 0.146. The average molecular weight is 247 g/mol. The number of rotatable bonds is 4. The quantitative estimate of drug-likeness (QED) is 0.599. The Labute approximate surface area is 107 Å². The van der Waals surface area contributed by atoms with E-state index in [4.69, 9.17) is 4.74 Å². The summed E-state index contributed by atoms with van der Waals surface area (Å²) in [4.78, 5) is 25.5. The zero-order valence-corrected chi connectivity index (χ0v) is 10.7. The Bertz CT molecular complexity index is 451. The van der Waals surface area contributed by atoms with E-state index >= 15 is 0 Å². The molecule has 0 unspecified atom stereocenters. The van der Waals surface area contributed by atoms with Crippen molar-refractivity contribution in [2.75, 3.05) is 14.2 Å². The van der Waals surface area contributed by atoms with Gasteiger partial charge in [0.1, 0.15) is 5.41 Å². The summed E-state index contributed by atoms with van der Waals surface area (Å²) < 4.78 is 4.71. The molecule has 0 heterocycles. The molecule has 1 saturated carbocycles. The van der Waals surface area contributed by atoms with Gasteiger partial charge in [-0.2, -0.15) is 0 Å². The first kappa shape index (κ1) is 12.6. The van der Waals surface area contributed by atoms with Gasteiger partial charge in [0, 0.05) is 13.6 Å². The summed E-state index contributed by atoms with van der Waals surface area (Å²) in [7, 11) is 3.05. The molecule has 1 aromatic carbocycles. The second-order valence-electron chi connectivity index (χ2n) is 4.72. The van der Waals surface area contributed by atoms with Crippen molar-refractivity contribution in [3.8, 4) is 0 Å². The standard InChI is InChI=1S/C14H17NO3/c1-15(10-11-6-4-3-5-7-11)12(16)14(8-9-14)13(17)18-2/h3-7H,8-10H2,1-2H3. The number of carbonyl (C=O) groups excluding carboxylic acids is 2. The summed E-state index contributed by atoms with van der Waals surface area (Å²) in [5, 5.41) is 0. The van der Waals surface area contributed by atoms with Crippen LogP contribution in [0.2, 0.25) is 0 Å². The third kappa shape index (κ3) is 2.23. The van der Waals surface area contributed by atoms with Gasteiger partial charge in [0.15, 0.2) is 0 Å². The van der Waals surface area contributed by atoms with Crippen molar-refractivity contribution >= 4 is 11.9 Å². The maximum Gasteiger partial charge on any atom is 0.321 e. The first-order valence-corrected chi connectivity index (χ1v) is 5.98. The van der Waals surface area contributed by atoms with Crippen molar-refractivity contribution in [3.63, 3.8) is 0 Å². The SMILES string of the molecule is COC(=O)C1(C(=O)N(C)Cc2ccccc2)CC1. The second-order valence-corrected chi connectivity index (χ2v) is 4.72. The molecule has 0 spiro atoms. The Hall–Kier alpha value is -1.84. The summed E-state index contributed by atoms with van der Waals surface area (Å²) in [6.45, 7) is 0.512. The normalized spacial score (nSPS) is 15.9. The summed E-state index contributed by atoms with van der Waals surface area (Å²) in [6, 6.07) is 9.72. The van der Waals surface area contributed by atoms with E-state index in [0.717, 1.165) is 5.56 Å². The fourth-order valence-electron chi connectivity index (χ4n) is 2.12. The molecule has 1 amide bonds. The first-order valence-electron chi connectivity index (χ1n) is 5.98. The fraction of sp³-hybridized carbons (Fsp3) is 0.429. The van der Waals surface area contributed by atoms with Crippen LogP contribution in [-0.4, -0.2) is 30.9 Å². The highest BCUT2D eigenvalue weighted by molar-refractivity contribution is 6.05. The van der Waals surface area contributed by atoms with Crippen molar-refractivity contribution in [2.24, 2.45) is 5.41 Å². The van der Waals surface area contributed by atoms with E-state index in [-0.39, 0.29) is 5.91 Å². The first-order chi connectivity index (χ1) is 8.60. The number of esters is 1. The molecule has 4 heteroatoms. The topological polar surface area (TPSA) is 46.6 Å². The Kier molecular flexibility index (Phi) is 3.36.